The van der Waals surface area contributed by atoms with E-state index in [1.54, 1.807) is 0 Å². The van der Waals surface area contributed by atoms with Gasteiger partial charge < -0.3 is 9.67 Å². The normalized spacial score (nSPS) is 29.5. The van der Waals surface area contributed by atoms with Gasteiger partial charge in [-0.2, -0.15) is 0 Å². The number of likely N-dealkylation sites (tertiary alicyclic amines) is 1. The molecule has 1 saturated heterocycles. The number of rotatable bonds is 2. The maximum Gasteiger partial charge on any atom is 0.150 e. The van der Waals surface area contributed by atoms with Gasteiger partial charge in [-0.3, -0.25) is 4.90 Å². The number of aliphatic hydroxyl groups is 1. The largest absolute Gasteiger partial charge is 0.393 e. The Kier molecular flexibility index (Phi) is 2.88. The average Bonchev–Trinajstić information content (AvgIpc) is 2.92. The minimum absolute atomic E-state index is 0.231. The third kappa shape index (κ3) is 1.87. The van der Waals surface area contributed by atoms with Crippen LogP contribution < -0.4 is 0 Å². The first kappa shape index (κ1) is 11.2. The first-order valence-electron chi connectivity index (χ1n) is 6.63. The molecule has 0 radical (unpaired) electrons. The summed E-state index contributed by atoms with van der Waals surface area (Å²) in [6, 6.07) is 0.441. The summed E-state index contributed by atoms with van der Waals surface area (Å²) in [4.78, 5) is 2.47. The molecule has 0 spiro atoms. The van der Waals surface area contributed by atoms with E-state index in [1.165, 1.54) is 19.4 Å². The number of hydrogen-bond acceptors (Lipinski definition) is 4. The molecule has 2 atom stereocenters. The Hall–Kier alpha value is -0.940. The minimum Gasteiger partial charge on any atom is -0.393 e. The van der Waals surface area contributed by atoms with E-state index in [4.69, 9.17) is 0 Å². The topological polar surface area (TPSA) is 54.2 Å². The monoisotopic (exact) mass is 236 g/mol. The first-order chi connectivity index (χ1) is 8.29. The lowest BCUT2D eigenvalue weighted by atomic mass is 10.1. The van der Waals surface area contributed by atoms with Crippen LogP contribution in [0.2, 0.25) is 0 Å². The summed E-state index contributed by atoms with van der Waals surface area (Å²) < 4.78 is 2.23. The summed E-state index contributed by atoms with van der Waals surface area (Å²) in [6.45, 7) is 5.32. The van der Waals surface area contributed by atoms with Crippen molar-refractivity contribution in [1.82, 2.24) is 19.7 Å². The molecule has 3 rings (SSSR count). The van der Waals surface area contributed by atoms with Gasteiger partial charge in [-0.05, 0) is 32.4 Å². The Morgan fingerprint density at radius 3 is 3.00 bits per heavy atom. The number of nitrogens with zero attached hydrogens (tertiary/aromatic N) is 4. The molecule has 2 aliphatic heterocycles. The van der Waals surface area contributed by atoms with Gasteiger partial charge in [0.2, 0.25) is 0 Å². The number of aromatic nitrogens is 3. The van der Waals surface area contributed by atoms with E-state index in [-0.39, 0.29) is 6.10 Å². The van der Waals surface area contributed by atoms with Gasteiger partial charge in [0.1, 0.15) is 11.6 Å². The van der Waals surface area contributed by atoms with Crippen molar-refractivity contribution in [2.24, 2.45) is 0 Å². The zero-order valence-electron chi connectivity index (χ0n) is 10.3. The second kappa shape index (κ2) is 4.38. The zero-order chi connectivity index (χ0) is 11.8. The van der Waals surface area contributed by atoms with Gasteiger partial charge in [-0.15, -0.1) is 10.2 Å². The first-order valence-corrected chi connectivity index (χ1v) is 6.63. The molecule has 1 fully saturated rings. The fourth-order valence-corrected chi connectivity index (χ4v) is 3.08. The van der Waals surface area contributed by atoms with Gasteiger partial charge in [0.15, 0.2) is 0 Å². The Morgan fingerprint density at radius 2 is 2.18 bits per heavy atom. The number of fused-ring (bicyclic) bond motifs is 1. The third-order valence-corrected chi connectivity index (χ3v) is 4.03. The van der Waals surface area contributed by atoms with E-state index < -0.39 is 0 Å². The van der Waals surface area contributed by atoms with Crippen molar-refractivity contribution >= 4 is 0 Å². The van der Waals surface area contributed by atoms with Crippen LogP contribution in [0.5, 0.6) is 0 Å². The molecule has 5 heteroatoms. The van der Waals surface area contributed by atoms with Gasteiger partial charge in [0.25, 0.3) is 0 Å². The number of hydrogen-bond donors (Lipinski definition) is 1. The molecule has 0 saturated carbocycles. The van der Waals surface area contributed by atoms with Crippen molar-refractivity contribution in [2.45, 2.75) is 51.3 Å². The summed E-state index contributed by atoms with van der Waals surface area (Å²) in [5, 5.41) is 18.3. The molecule has 2 unspecified atom stereocenters. The lowest BCUT2D eigenvalue weighted by Crippen LogP contribution is -2.29. The average molecular weight is 236 g/mol. The van der Waals surface area contributed by atoms with Crippen molar-refractivity contribution < 1.29 is 5.11 Å². The standard InChI is InChI=1S/C12H20N4O/c1-2-15-6-3-4-10(15)12-14-13-11-8-9(17)5-7-16(11)12/h9-10,17H,2-8H2,1H3. The second-order valence-electron chi connectivity index (χ2n) is 5.06. The van der Waals surface area contributed by atoms with Crippen LogP contribution in [0.3, 0.4) is 0 Å². The van der Waals surface area contributed by atoms with Crippen molar-refractivity contribution in [1.29, 1.82) is 0 Å². The van der Waals surface area contributed by atoms with Crippen LogP contribution in [0, 0.1) is 0 Å². The molecular formula is C12H20N4O. The SMILES string of the molecule is CCN1CCCC1c1nnc2n1CCC(O)C2. The van der Waals surface area contributed by atoms with Crippen LogP contribution in [0.15, 0.2) is 0 Å². The highest BCUT2D eigenvalue weighted by Crippen LogP contribution is 2.31. The molecule has 17 heavy (non-hydrogen) atoms. The Labute approximate surface area is 101 Å². The van der Waals surface area contributed by atoms with Crippen molar-refractivity contribution in [3.8, 4) is 0 Å². The predicted octanol–water partition coefficient (Wildman–Crippen LogP) is 0.742. The van der Waals surface area contributed by atoms with Crippen LogP contribution in [0.4, 0.5) is 0 Å². The van der Waals surface area contributed by atoms with E-state index in [2.05, 4.69) is 26.6 Å². The molecule has 0 bridgehead atoms. The molecular weight excluding hydrogens is 216 g/mol. The molecule has 5 nitrogen and oxygen atoms in total. The fraction of sp³-hybridized carbons (Fsp3) is 0.833. The Morgan fingerprint density at radius 1 is 1.29 bits per heavy atom. The predicted molar refractivity (Wildman–Crippen MR) is 63.6 cm³/mol. The maximum absolute atomic E-state index is 9.64. The second-order valence-corrected chi connectivity index (χ2v) is 5.06. The smallest absolute Gasteiger partial charge is 0.150 e. The molecule has 0 aromatic carbocycles. The van der Waals surface area contributed by atoms with Crippen LogP contribution in [-0.4, -0.2) is 44.0 Å². The van der Waals surface area contributed by atoms with Gasteiger partial charge in [0, 0.05) is 13.0 Å². The molecule has 94 valence electrons. The summed E-state index contributed by atoms with van der Waals surface area (Å²) >= 11 is 0. The lowest BCUT2D eigenvalue weighted by Gasteiger charge is -2.25. The maximum atomic E-state index is 9.64. The van der Waals surface area contributed by atoms with E-state index in [1.807, 2.05) is 0 Å². The Bertz CT molecular complexity index is 403. The third-order valence-electron chi connectivity index (χ3n) is 4.03. The van der Waals surface area contributed by atoms with E-state index in [9.17, 15) is 5.11 Å². The molecule has 1 N–H and O–H groups in total. The van der Waals surface area contributed by atoms with E-state index >= 15 is 0 Å². The van der Waals surface area contributed by atoms with Crippen molar-refractivity contribution in [3.05, 3.63) is 11.6 Å². The van der Waals surface area contributed by atoms with Crippen LogP contribution >= 0.6 is 0 Å². The number of aliphatic hydroxyl groups excluding tert-OH is 1. The van der Waals surface area contributed by atoms with E-state index in [0.717, 1.165) is 31.2 Å². The molecule has 2 aliphatic rings. The van der Waals surface area contributed by atoms with Crippen molar-refractivity contribution in [2.75, 3.05) is 13.1 Å². The highest BCUT2D eigenvalue weighted by atomic mass is 16.3. The summed E-state index contributed by atoms with van der Waals surface area (Å²) in [5.74, 6) is 2.08. The highest BCUT2D eigenvalue weighted by Gasteiger charge is 2.31. The molecule has 1 aromatic rings. The quantitative estimate of drug-likeness (QED) is 0.823. The zero-order valence-corrected chi connectivity index (χ0v) is 10.3. The van der Waals surface area contributed by atoms with Gasteiger partial charge >= 0.3 is 0 Å². The fourth-order valence-electron chi connectivity index (χ4n) is 3.08. The molecule has 1 aromatic heterocycles. The van der Waals surface area contributed by atoms with Crippen LogP contribution in [0.1, 0.15) is 43.9 Å². The molecule has 0 aliphatic carbocycles. The molecule has 0 amide bonds. The van der Waals surface area contributed by atoms with E-state index in [0.29, 0.717) is 12.5 Å². The highest BCUT2D eigenvalue weighted by molar-refractivity contribution is 5.06. The Balaban J connectivity index is 1.89. The summed E-state index contributed by atoms with van der Waals surface area (Å²) in [7, 11) is 0. The minimum atomic E-state index is -0.231. The lowest BCUT2D eigenvalue weighted by molar-refractivity contribution is 0.139. The van der Waals surface area contributed by atoms with Crippen molar-refractivity contribution in [3.63, 3.8) is 0 Å². The summed E-state index contributed by atoms with van der Waals surface area (Å²) in [5.41, 5.74) is 0. The van der Waals surface area contributed by atoms with Gasteiger partial charge in [-0.1, -0.05) is 6.92 Å². The summed E-state index contributed by atoms with van der Waals surface area (Å²) in [6.07, 6.45) is 3.70. The molecule has 3 heterocycles. The van der Waals surface area contributed by atoms with Gasteiger partial charge in [0.05, 0.1) is 12.1 Å². The van der Waals surface area contributed by atoms with Crippen LogP contribution in [-0.2, 0) is 13.0 Å². The van der Waals surface area contributed by atoms with Gasteiger partial charge in [-0.25, -0.2) is 0 Å². The van der Waals surface area contributed by atoms with Crippen LogP contribution in [0.25, 0.3) is 0 Å².